The van der Waals surface area contributed by atoms with Crippen LogP contribution in [0.25, 0.3) is 0 Å². The Kier molecular flexibility index (Phi) is 3.47. The van der Waals surface area contributed by atoms with Gasteiger partial charge in [-0.3, -0.25) is 4.79 Å². The number of hydrogen-bond acceptors (Lipinski definition) is 2. The molecule has 0 amide bonds. The number of carbonyl (C=O) groups excluding carboxylic acids is 1. The van der Waals surface area contributed by atoms with Gasteiger partial charge in [0.15, 0.2) is 0 Å². The minimum Gasteiger partial charge on any atom is -0.543 e. The molecule has 0 aliphatic heterocycles. The van der Waals surface area contributed by atoms with Gasteiger partial charge in [-0.05, 0) is 11.8 Å². The van der Waals surface area contributed by atoms with E-state index >= 15 is 0 Å². The van der Waals surface area contributed by atoms with Crippen molar-refractivity contribution in [2.45, 2.75) is 33.6 Å². The van der Waals surface area contributed by atoms with Crippen molar-refractivity contribution in [2.24, 2.45) is 5.41 Å². The summed E-state index contributed by atoms with van der Waals surface area (Å²) in [6, 6.07) is 0. The standard InChI is InChI=1S/C7H13BO2/c1-7(2,3)5-4-6(9)10-8/h4-5H2,1-3H3. The minimum atomic E-state index is -0.338. The summed E-state index contributed by atoms with van der Waals surface area (Å²) in [5.41, 5.74) is 0.175. The molecule has 2 radical (unpaired) electrons. The highest BCUT2D eigenvalue weighted by molar-refractivity contribution is 6.05. The van der Waals surface area contributed by atoms with Gasteiger partial charge in [-0.25, -0.2) is 0 Å². The monoisotopic (exact) mass is 140 g/mol. The van der Waals surface area contributed by atoms with Gasteiger partial charge >= 0.3 is 8.05 Å². The van der Waals surface area contributed by atoms with Gasteiger partial charge < -0.3 is 4.65 Å². The summed E-state index contributed by atoms with van der Waals surface area (Å²) in [7, 11) is 4.65. The average molecular weight is 140 g/mol. The van der Waals surface area contributed by atoms with Gasteiger partial charge in [0.2, 0.25) is 0 Å². The maximum Gasteiger partial charge on any atom is 0.378 e. The van der Waals surface area contributed by atoms with Crippen molar-refractivity contribution in [2.75, 3.05) is 0 Å². The molecule has 0 spiro atoms. The molecule has 56 valence electrons. The van der Waals surface area contributed by atoms with Crippen LogP contribution in [0.4, 0.5) is 0 Å². The maximum absolute atomic E-state index is 10.5. The molecule has 0 aromatic carbocycles. The van der Waals surface area contributed by atoms with Crippen LogP contribution in [0.2, 0.25) is 0 Å². The van der Waals surface area contributed by atoms with Gasteiger partial charge in [0, 0.05) is 6.42 Å². The first kappa shape index (κ1) is 9.53. The molecule has 3 heteroatoms. The van der Waals surface area contributed by atoms with Crippen molar-refractivity contribution in [3.05, 3.63) is 0 Å². The molecule has 0 bridgehead atoms. The lowest BCUT2D eigenvalue weighted by atomic mass is 9.91. The number of carbonyl (C=O) groups is 1. The molecule has 0 heterocycles. The van der Waals surface area contributed by atoms with Crippen LogP contribution in [-0.4, -0.2) is 14.0 Å². The van der Waals surface area contributed by atoms with E-state index in [-0.39, 0.29) is 11.4 Å². The van der Waals surface area contributed by atoms with E-state index in [2.05, 4.69) is 33.5 Å². The summed E-state index contributed by atoms with van der Waals surface area (Å²) >= 11 is 0. The zero-order valence-corrected chi connectivity index (χ0v) is 6.81. The maximum atomic E-state index is 10.5. The fraction of sp³-hybridized carbons (Fsp3) is 0.857. The molecule has 0 rings (SSSR count). The summed E-state index contributed by atoms with van der Waals surface area (Å²) in [5, 5.41) is 0. The molecule has 0 aliphatic rings. The zero-order chi connectivity index (χ0) is 8.20. The van der Waals surface area contributed by atoms with Crippen molar-refractivity contribution >= 4 is 14.0 Å². The third kappa shape index (κ3) is 5.67. The van der Waals surface area contributed by atoms with Gasteiger partial charge in [-0.15, -0.1) is 0 Å². The SMILES string of the molecule is [B]OC(=O)CCC(C)(C)C. The molecular formula is C7H13BO2. The largest absolute Gasteiger partial charge is 0.543 e. The number of hydrogen-bond donors (Lipinski definition) is 0. The van der Waals surface area contributed by atoms with Crippen LogP contribution in [0.5, 0.6) is 0 Å². The van der Waals surface area contributed by atoms with Crippen molar-refractivity contribution in [3.63, 3.8) is 0 Å². The Bertz CT molecular complexity index is 115. The Morgan fingerprint density at radius 2 is 2.00 bits per heavy atom. The first-order chi connectivity index (χ1) is 4.45. The lowest BCUT2D eigenvalue weighted by Crippen LogP contribution is -2.09. The van der Waals surface area contributed by atoms with Crippen molar-refractivity contribution < 1.29 is 9.45 Å². The fourth-order valence-electron chi connectivity index (χ4n) is 0.536. The summed E-state index contributed by atoms with van der Waals surface area (Å²) in [4.78, 5) is 10.5. The van der Waals surface area contributed by atoms with Crippen molar-refractivity contribution in [3.8, 4) is 0 Å². The Morgan fingerprint density at radius 1 is 1.50 bits per heavy atom. The van der Waals surface area contributed by atoms with Gasteiger partial charge in [-0.1, -0.05) is 20.8 Å². The van der Waals surface area contributed by atoms with Crippen LogP contribution in [0.3, 0.4) is 0 Å². The first-order valence-corrected chi connectivity index (χ1v) is 3.35. The highest BCUT2D eigenvalue weighted by Gasteiger charge is 2.12. The van der Waals surface area contributed by atoms with Gasteiger partial charge in [0.05, 0.1) is 0 Å². The molecule has 0 aromatic heterocycles. The van der Waals surface area contributed by atoms with Gasteiger partial charge in [0.1, 0.15) is 0 Å². The molecule has 2 nitrogen and oxygen atoms in total. The zero-order valence-electron chi connectivity index (χ0n) is 6.81. The third-order valence-corrected chi connectivity index (χ3v) is 1.21. The molecule has 0 N–H and O–H groups in total. The Balaban J connectivity index is 3.46. The Labute approximate surface area is 63.4 Å². The van der Waals surface area contributed by atoms with Crippen LogP contribution in [0.1, 0.15) is 33.6 Å². The molecule has 0 saturated carbocycles. The minimum absolute atomic E-state index is 0.175. The van der Waals surface area contributed by atoms with E-state index in [0.29, 0.717) is 6.42 Å². The normalized spacial score (nSPS) is 11.1. The van der Waals surface area contributed by atoms with Crippen LogP contribution < -0.4 is 0 Å². The summed E-state index contributed by atoms with van der Waals surface area (Å²) in [6.07, 6.45) is 1.21. The molecule has 0 fully saturated rings. The summed E-state index contributed by atoms with van der Waals surface area (Å²) in [5.74, 6) is -0.338. The van der Waals surface area contributed by atoms with Gasteiger partial charge in [-0.2, -0.15) is 0 Å². The molecule has 0 aliphatic carbocycles. The van der Waals surface area contributed by atoms with E-state index in [0.717, 1.165) is 6.42 Å². The second-order valence-corrected chi connectivity index (χ2v) is 3.55. The van der Waals surface area contributed by atoms with Crippen LogP contribution in [0.15, 0.2) is 0 Å². The average Bonchev–Trinajstić information content (AvgIpc) is 1.81. The topological polar surface area (TPSA) is 26.3 Å². The predicted molar refractivity (Wildman–Crippen MR) is 40.5 cm³/mol. The summed E-state index contributed by atoms with van der Waals surface area (Å²) < 4.78 is 4.01. The lowest BCUT2D eigenvalue weighted by Gasteiger charge is -2.16. The second-order valence-electron chi connectivity index (χ2n) is 3.55. The van der Waals surface area contributed by atoms with Crippen LogP contribution in [0, 0.1) is 5.41 Å². The van der Waals surface area contributed by atoms with Crippen molar-refractivity contribution in [1.29, 1.82) is 0 Å². The Morgan fingerprint density at radius 3 is 2.30 bits per heavy atom. The summed E-state index contributed by atoms with van der Waals surface area (Å²) in [6.45, 7) is 6.20. The van der Waals surface area contributed by atoms with E-state index in [9.17, 15) is 4.79 Å². The highest BCUT2D eigenvalue weighted by atomic mass is 16.5. The molecule has 0 unspecified atom stereocenters. The molecule has 0 saturated heterocycles. The van der Waals surface area contributed by atoms with Crippen LogP contribution >= 0.6 is 0 Å². The van der Waals surface area contributed by atoms with E-state index in [1.165, 1.54) is 0 Å². The molecule has 0 aromatic rings. The number of rotatable bonds is 2. The van der Waals surface area contributed by atoms with E-state index < -0.39 is 0 Å². The third-order valence-electron chi connectivity index (χ3n) is 1.21. The molecule has 10 heavy (non-hydrogen) atoms. The van der Waals surface area contributed by atoms with E-state index in [4.69, 9.17) is 0 Å². The smallest absolute Gasteiger partial charge is 0.378 e. The Hall–Kier alpha value is -0.465. The fourth-order valence-corrected chi connectivity index (χ4v) is 0.536. The van der Waals surface area contributed by atoms with E-state index in [1.54, 1.807) is 0 Å². The molecular weight excluding hydrogens is 127 g/mol. The molecule has 0 atom stereocenters. The van der Waals surface area contributed by atoms with Gasteiger partial charge in [0.25, 0.3) is 5.97 Å². The second kappa shape index (κ2) is 3.64. The highest BCUT2D eigenvalue weighted by Crippen LogP contribution is 2.20. The van der Waals surface area contributed by atoms with Crippen molar-refractivity contribution in [1.82, 2.24) is 0 Å². The van der Waals surface area contributed by atoms with Crippen LogP contribution in [-0.2, 0) is 9.45 Å². The predicted octanol–water partition coefficient (Wildman–Crippen LogP) is 1.44. The first-order valence-electron chi connectivity index (χ1n) is 3.35. The quantitative estimate of drug-likeness (QED) is 0.542. The van der Waals surface area contributed by atoms with E-state index in [1.807, 2.05) is 0 Å². The lowest BCUT2D eigenvalue weighted by molar-refractivity contribution is -0.134.